The van der Waals surface area contributed by atoms with E-state index < -0.39 is 0 Å². The second-order valence-corrected chi connectivity index (χ2v) is 7.12. The minimum Gasteiger partial charge on any atom is -0.381 e. The van der Waals surface area contributed by atoms with Crippen LogP contribution in [0.25, 0.3) is 0 Å². The number of hydrogen-bond acceptors (Lipinski definition) is 4. The van der Waals surface area contributed by atoms with Crippen LogP contribution in [-0.4, -0.2) is 32.0 Å². The number of rotatable bonds is 5. The van der Waals surface area contributed by atoms with Crippen LogP contribution >= 0.6 is 22.9 Å². The van der Waals surface area contributed by atoms with E-state index >= 15 is 0 Å². The summed E-state index contributed by atoms with van der Waals surface area (Å²) in [5.41, 5.74) is 0.287. The van der Waals surface area contributed by atoms with Gasteiger partial charge in [-0.05, 0) is 32.3 Å². The molecule has 2 fully saturated rings. The first-order valence-electron chi connectivity index (χ1n) is 7.40. The maximum absolute atomic E-state index is 5.98. The molecule has 5 heteroatoms. The summed E-state index contributed by atoms with van der Waals surface area (Å²) in [5, 5.41) is 6.55. The van der Waals surface area contributed by atoms with Gasteiger partial charge in [0.25, 0.3) is 0 Å². The number of ether oxygens (including phenoxy) is 2. The van der Waals surface area contributed by atoms with Crippen molar-refractivity contribution in [2.75, 3.05) is 19.8 Å². The predicted octanol–water partition coefficient (Wildman–Crippen LogP) is 3.47. The largest absolute Gasteiger partial charge is 0.381 e. The summed E-state index contributed by atoms with van der Waals surface area (Å²) in [6.45, 7) is 5.53. The molecule has 0 amide bonds. The van der Waals surface area contributed by atoms with Gasteiger partial charge in [0.2, 0.25) is 0 Å². The Morgan fingerprint density at radius 3 is 2.95 bits per heavy atom. The normalized spacial score (nSPS) is 28.5. The molecule has 0 aromatic carbocycles. The average Bonchev–Trinajstić information content (AvgIpc) is 2.88. The Bertz CT molecular complexity index is 445. The minimum absolute atomic E-state index is 0.287. The van der Waals surface area contributed by atoms with Crippen LogP contribution in [0, 0.1) is 5.41 Å². The van der Waals surface area contributed by atoms with Crippen molar-refractivity contribution in [2.24, 2.45) is 5.41 Å². The highest BCUT2D eigenvalue weighted by Crippen LogP contribution is 2.50. The summed E-state index contributed by atoms with van der Waals surface area (Å²) < 4.78 is 11.5. The van der Waals surface area contributed by atoms with Gasteiger partial charge >= 0.3 is 0 Å². The highest BCUT2D eigenvalue weighted by molar-refractivity contribution is 7.10. The van der Waals surface area contributed by atoms with Crippen LogP contribution in [0.2, 0.25) is 5.02 Å². The zero-order chi connectivity index (χ0) is 14.0. The van der Waals surface area contributed by atoms with Gasteiger partial charge in [-0.15, -0.1) is 11.3 Å². The Balaban J connectivity index is 1.61. The van der Waals surface area contributed by atoms with Gasteiger partial charge in [-0.25, -0.2) is 0 Å². The average molecular weight is 316 g/mol. The van der Waals surface area contributed by atoms with Crippen molar-refractivity contribution < 1.29 is 9.47 Å². The van der Waals surface area contributed by atoms with E-state index in [1.165, 1.54) is 4.88 Å². The lowest BCUT2D eigenvalue weighted by Crippen LogP contribution is -2.65. The first kappa shape index (κ1) is 14.8. The van der Waals surface area contributed by atoms with Crippen molar-refractivity contribution in [3.8, 4) is 0 Å². The Kier molecular flexibility index (Phi) is 4.68. The summed E-state index contributed by atoms with van der Waals surface area (Å²) in [7, 11) is 0. The molecule has 0 bridgehead atoms. The van der Waals surface area contributed by atoms with Crippen LogP contribution in [0.4, 0.5) is 0 Å². The summed E-state index contributed by atoms with van der Waals surface area (Å²) in [6, 6.07) is 2.60. The molecule has 2 aliphatic rings. The summed E-state index contributed by atoms with van der Waals surface area (Å²) in [6.07, 6.45) is 3.74. The topological polar surface area (TPSA) is 30.5 Å². The molecular formula is C15H22ClNO2S. The van der Waals surface area contributed by atoms with Crippen LogP contribution in [-0.2, 0) is 16.0 Å². The van der Waals surface area contributed by atoms with Gasteiger partial charge in [0.05, 0.1) is 11.1 Å². The van der Waals surface area contributed by atoms with Crippen molar-refractivity contribution in [2.45, 2.75) is 44.9 Å². The lowest BCUT2D eigenvalue weighted by Gasteiger charge is -2.57. The SMILES string of the molecule is CCO[C@H]1C[C@H](NCc2cc(Cl)cs2)C12CCOCC2. The van der Waals surface area contributed by atoms with Gasteiger partial charge in [0.1, 0.15) is 0 Å². The molecule has 1 aliphatic carbocycles. The number of hydrogen-bond donors (Lipinski definition) is 1. The molecule has 1 N–H and O–H groups in total. The van der Waals surface area contributed by atoms with Gasteiger partial charge in [-0.3, -0.25) is 0 Å². The van der Waals surface area contributed by atoms with Crippen molar-refractivity contribution in [3.05, 3.63) is 21.3 Å². The van der Waals surface area contributed by atoms with E-state index in [4.69, 9.17) is 21.1 Å². The number of nitrogens with one attached hydrogen (secondary N) is 1. The van der Waals surface area contributed by atoms with E-state index in [-0.39, 0.29) is 5.41 Å². The quantitative estimate of drug-likeness (QED) is 0.902. The van der Waals surface area contributed by atoms with Gasteiger partial charge in [0, 0.05) is 48.1 Å². The van der Waals surface area contributed by atoms with E-state index in [1.807, 2.05) is 5.38 Å². The fourth-order valence-electron chi connectivity index (χ4n) is 3.56. The molecule has 112 valence electrons. The van der Waals surface area contributed by atoms with Crippen LogP contribution in [0.3, 0.4) is 0 Å². The molecule has 1 saturated carbocycles. The standard InChI is InChI=1S/C15H22ClNO2S/c1-2-19-14-8-13(15(14)3-5-18-6-4-15)17-9-12-7-11(16)10-20-12/h7,10,13-14,17H,2-6,8-9H2,1H3/t13-,14-/m0/s1. The monoisotopic (exact) mass is 315 g/mol. The molecule has 2 heterocycles. The third-order valence-corrected chi connectivity index (χ3v) is 6.01. The van der Waals surface area contributed by atoms with Crippen molar-refractivity contribution in [1.29, 1.82) is 0 Å². The minimum atomic E-state index is 0.287. The Morgan fingerprint density at radius 1 is 1.50 bits per heavy atom. The van der Waals surface area contributed by atoms with Crippen LogP contribution in [0.1, 0.15) is 31.1 Å². The molecule has 1 aromatic heterocycles. The smallest absolute Gasteiger partial charge is 0.0662 e. The summed E-state index contributed by atoms with van der Waals surface area (Å²) >= 11 is 7.70. The molecule has 1 aliphatic heterocycles. The summed E-state index contributed by atoms with van der Waals surface area (Å²) in [4.78, 5) is 1.30. The molecule has 3 nitrogen and oxygen atoms in total. The third-order valence-electron chi connectivity index (χ3n) is 4.72. The van der Waals surface area contributed by atoms with Gasteiger partial charge in [-0.1, -0.05) is 11.6 Å². The molecule has 1 aromatic rings. The van der Waals surface area contributed by atoms with Crippen LogP contribution in [0.5, 0.6) is 0 Å². The molecule has 1 saturated heterocycles. The lowest BCUT2D eigenvalue weighted by atomic mass is 9.57. The van der Waals surface area contributed by atoms with E-state index in [0.717, 1.165) is 50.7 Å². The second kappa shape index (κ2) is 6.32. The maximum atomic E-state index is 5.98. The summed E-state index contributed by atoms with van der Waals surface area (Å²) in [5.74, 6) is 0. The molecule has 0 radical (unpaired) electrons. The number of halogens is 1. The fourth-order valence-corrected chi connectivity index (χ4v) is 4.59. The highest BCUT2D eigenvalue weighted by atomic mass is 35.5. The first-order chi connectivity index (χ1) is 9.74. The molecular weight excluding hydrogens is 294 g/mol. The van der Waals surface area contributed by atoms with Crippen molar-refractivity contribution in [1.82, 2.24) is 5.32 Å². The maximum Gasteiger partial charge on any atom is 0.0662 e. The fraction of sp³-hybridized carbons (Fsp3) is 0.733. The van der Waals surface area contributed by atoms with Crippen LogP contribution in [0.15, 0.2) is 11.4 Å². The van der Waals surface area contributed by atoms with Gasteiger partial charge in [0.15, 0.2) is 0 Å². The Hall–Kier alpha value is -0.130. The predicted molar refractivity (Wildman–Crippen MR) is 82.5 cm³/mol. The third kappa shape index (κ3) is 2.77. The van der Waals surface area contributed by atoms with E-state index in [0.29, 0.717) is 12.1 Å². The van der Waals surface area contributed by atoms with E-state index in [1.54, 1.807) is 11.3 Å². The van der Waals surface area contributed by atoms with Crippen molar-refractivity contribution in [3.63, 3.8) is 0 Å². The van der Waals surface area contributed by atoms with Gasteiger partial charge in [-0.2, -0.15) is 0 Å². The molecule has 2 atom stereocenters. The van der Waals surface area contributed by atoms with E-state index in [2.05, 4.69) is 18.3 Å². The second-order valence-electron chi connectivity index (χ2n) is 5.69. The lowest BCUT2D eigenvalue weighted by molar-refractivity contribution is -0.173. The van der Waals surface area contributed by atoms with Crippen molar-refractivity contribution >= 4 is 22.9 Å². The Morgan fingerprint density at radius 2 is 2.30 bits per heavy atom. The first-order valence-corrected chi connectivity index (χ1v) is 8.66. The number of thiophene rings is 1. The molecule has 0 unspecified atom stereocenters. The van der Waals surface area contributed by atoms with Crippen LogP contribution < -0.4 is 5.32 Å². The molecule has 20 heavy (non-hydrogen) atoms. The van der Waals surface area contributed by atoms with Gasteiger partial charge < -0.3 is 14.8 Å². The van der Waals surface area contributed by atoms with E-state index in [9.17, 15) is 0 Å². The molecule has 1 spiro atoms. The zero-order valence-electron chi connectivity index (χ0n) is 11.9. The Labute approximate surface area is 129 Å². The zero-order valence-corrected chi connectivity index (χ0v) is 13.4. The molecule has 3 rings (SSSR count). The highest BCUT2D eigenvalue weighted by Gasteiger charge is 2.55.